The van der Waals surface area contributed by atoms with Gasteiger partial charge in [0.2, 0.25) is 6.29 Å². The molecule has 2 heterocycles. The Balaban J connectivity index is 2.61. The number of nitrogens with zero attached hydrogens (tertiary/aromatic N) is 2. The zero-order valence-electron chi connectivity index (χ0n) is 18.5. The van der Waals surface area contributed by atoms with Crippen LogP contribution in [0.15, 0.2) is 34.7 Å². The van der Waals surface area contributed by atoms with Gasteiger partial charge in [-0.25, -0.2) is 4.79 Å². The summed E-state index contributed by atoms with van der Waals surface area (Å²) < 4.78 is 26.1. The molecule has 1 atom stereocenters. The normalized spacial score (nSPS) is 17.8. The van der Waals surface area contributed by atoms with Gasteiger partial charge in [-0.1, -0.05) is 0 Å². The Morgan fingerprint density at radius 3 is 2.09 bits per heavy atom. The Labute approximate surface area is 183 Å². The van der Waals surface area contributed by atoms with E-state index in [-0.39, 0.29) is 35.9 Å². The SMILES string of the molecule is COC1=CC(=C2C(=O)N(C)C(=O)N(C)C2=O)C(OC(C)=O)=C(CCC(OC)OC(C)=O)O1. The predicted octanol–water partition coefficient (Wildman–Crippen LogP) is 0.942. The predicted molar refractivity (Wildman–Crippen MR) is 105 cm³/mol. The van der Waals surface area contributed by atoms with Crippen LogP contribution >= 0.6 is 0 Å². The molecule has 0 spiro atoms. The number of urea groups is 1. The standard InChI is InChI=1S/C20H24N2O10/c1-10(23)30-14(28-5)8-7-13-17(31-11(2)24)12(9-15(29-6)32-13)16-18(25)21(3)20(27)22(4)19(16)26/h9,14H,7-8H2,1-6H3. The van der Waals surface area contributed by atoms with Crippen molar-refractivity contribution >= 4 is 29.8 Å². The van der Waals surface area contributed by atoms with Gasteiger partial charge in [-0.05, 0) is 0 Å². The maximum absolute atomic E-state index is 12.8. The molecule has 1 saturated heterocycles. The van der Waals surface area contributed by atoms with Crippen LogP contribution in [-0.2, 0) is 42.9 Å². The van der Waals surface area contributed by atoms with E-state index in [1.165, 1.54) is 41.3 Å². The van der Waals surface area contributed by atoms with E-state index in [1.54, 1.807) is 0 Å². The molecular formula is C20H24N2O10. The Bertz CT molecular complexity index is 920. The average molecular weight is 452 g/mol. The number of carbonyl (C=O) groups excluding carboxylic acids is 5. The molecule has 4 amide bonds. The highest BCUT2D eigenvalue weighted by Gasteiger charge is 2.42. The summed E-state index contributed by atoms with van der Waals surface area (Å²) in [5.41, 5.74) is -0.509. The quantitative estimate of drug-likeness (QED) is 0.237. The van der Waals surface area contributed by atoms with Crippen molar-refractivity contribution in [3.63, 3.8) is 0 Å². The molecule has 0 aromatic carbocycles. The molecule has 0 aromatic rings. The minimum atomic E-state index is -0.928. The molecule has 0 N–H and O–H groups in total. The smallest absolute Gasteiger partial charge is 0.333 e. The molecule has 12 nitrogen and oxygen atoms in total. The number of allylic oxidation sites excluding steroid dienone is 2. The maximum Gasteiger partial charge on any atom is 0.333 e. The van der Waals surface area contributed by atoms with E-state index in [1.807, 2.05) is 0 Å². The van der Waals surface area contributed by atoms with Crippen molar-refractivity contribution in [1.82, 2.24) is 9.80 Å². The number of hydrogen-bond donors (Lipinski definition) is 0. The Morgan fingerprint density at radius 1 is 1.03 bits per heavy atom. The number of imide groups is 2. The molecule has 0 radical (unpaired) electrons. The van der Waals surface area contributed by atoms with Gasteiger partial charge in [0.1, 0.15) is 5.57 Å². The molecule has 1 fully saturated rings. The molecule has 0 bridgehead atoms. The number of ether oxygens (including phenoxy) is 5. The van der Waals surface area contributed by atoms with E-state index in [0.29, 0.717) is 0 Å². The third kappa shape index (κ3) is 5.14. The zero-order chi connectivity index (χ0) is 24.2. The number of esters is 2. The highest BCUT2D eigenvalue weighted by molar-refractivity contribution is 6.29. The fourth-order valence-electron chi connectivity index (χ4n) is 2.95. The molecule has 1 unspecified atom stereocenters. The highest BCUT2D eigenvalue weighted by Crippen LogP contribution is 2.35. The van der Waals surface area contributed by atoms with Crippen LogP contribution < -0.4 is 0 Å². The van der Waals surface area contributed by atoms with Crippen LogP contribution in [0.1, 0.15) is 26.7 Å². The molecule has 2 aliphatic heterocycles. The number of rotatable bonds is 7. The second kappa shape index (κ2) is 10.1. The summed E-state index contributed by atoms with van der Waals surface area (Å²) in [5, 5.41) is 0. The van der Waals surface area contributed by atoms with Crippen LogP contribution in [0.2, 0.25) is 0 Å². The molecule has 0 saturated carbocycles. The van der Waals surface area contributed by atoms with E-state index < -0.39 is 41.6 Å². The summed E-state index contributed by atoms with van der Waals surface area (Å²) in [6.07, 6.45) is 0.391. The van der Waals surface area contributed by atoms with Crippen LogP contribution in [0, 0.1) is 0 Å². The second-order valence-corrected chi connectivity index (χ2v) is 6.73. The van der Waals surface area contributed by atoms with Crippen molar-refractivity contribution in [2.24, 2.45) is 0 Å². The number of barbiturate groups is 1. The minimum absolute atomic E-state index is 0.0128. The molecule has 12 heteroatoms. The lowest BCUT2D eigenvalue weighted by molar-refractivity contribution is -0.172. The van der Waals surface area contributed by atoms with Crippen molar-refractivity contribution in [1.29, 1.82) is 0 Å². The van der Waals surface area contributed by atoms with Gasteiger partial charge in [0.15, 0.2) is 11.5 Å². The Morgan fingerprint density at radius 2 is 1.62 bits per heavy atom. The number of carbonyl (C=O) groups is 5. The minimum Gasteiger partial charge on any atom is -0.468 e. The summed E-state index contributed by atoms with van der Waals surface area (Å²) in [7, 11) is 5.07. The largest absolute Gasteiger partial charge is 0.468 e. The average Bonchev–Trinajstić information content (AvgIpc) is 2.74. The van der Waals surface area contributed by atoms with Crippen molar-refractivity contribution in [3.8, 4) is 0 Å². The maximum atomic E-state index is 12.8. The van der Waals surface area contributed by atoms with Crippen LogP contribution in [-0.4, -0.2) is 74.2 Å². The number of hydrogen-bond acceptors (Lipinski definition) is 10. The third-order valence-electron chi connectivity index (χ3n) is 4.48. The van der Waals surface area contributed by atoms with Gasteiger partial charge in [0.25, 0.3) is 17.8 Å². The fourth-order valence-corrected chi connectivity index (χ4v) is 2.95. The van der Waals surface area contributed by atoms with E-state index >= 15 is 0 Å². The first kappa shape index (κ1) is 24.6. The van der Waals surface area contributed by atoms with Gasteiger partial charge in [-0.2, -0.15) is 0 Å². The first-order valence-electron chi connectivity index (χ1n) is 9.41. The van der Waals surface area contributed by atoms with Crippen LogP contribution in [0.3, 0.4) is 0 Å². The van der Waals surface area contributed by atoms with E-state index in [2.05, 4.69) is 0 Å². The van der Waals surface area contributed by atoms with Gasteiger partial charge >= 0.3 is 18.0 Å². The molecule has 2 aliphatic rings. The van der Waals surface area contributed by atoms with Gasteiger partial charge in [-0.3, -0.25) is 29.0 Å². The molecule has 0 aliphatic carbocycles. The van der Waals surface area contributed by atoms with Crippen molar-refractivity contribution in [2.75, 3.05) is 28.3 Å². The summed E-state index contributed by atoms with van der Waals surface area (Å²) in [6, 6.07) is -0.810. The molecular weight excluding hydrogens is 428 g/mol. The topological polar surface area (TPSA) is 138 Å². The fraction of sp³-hybridized carbons (Fsp3) is 0.450. The first-order chi connectivity index (χ1) is 15.0. The zero-order valence-corrected chi connectivity index (χ0v) is 18.5. The molecule has 2 rings (SSSR count). The van der Waals surface area contributed by atoms with Crippen molar-refractivity contribution in [2.45, 2.75) is 33.0 Å². The summed E-state index contributed by atoms with van der Waals surface area (Å²) in [6.45, 7) is 2.35. The van der Waals surface area contributed by atoms with Gasteiger partial charge in [0.05, 0.1) is 7.11 Å². The van der Waals surface area contributed by atoms with Crippen molar-refractivity contribution < 1.29 is 47.7 Å². The van der Waals surface area contributed by atoms with Crippen LogP contribution in [0.4, 0.5) is 4.79 Å². The monoisotopic (exact) mass is 452 g/mol. The van der Waals surface area contributed by atoms with E-state index in [4.69, 9.17) is 23.7 Å². The first-order valence-corrected chi connectivity index (χ1v) is 9.41. The number of amides is 4. The van der Waals surface area contributed by atoms with Crippen LogP contribution in [0.25, 0.3) is 0 Å². The summed E-state index contributed by atoms with van der Waals surface area (Å²) in [5.74, 6) is -3.36. The Hall–Kier alpha value is -3.67. The van der Waals surface area contributed by atoms with E-state index in [0.717, 1.165) is 16.7 Å². The third-order valence-corrected chi connectivity index (χ3v) is 4.48. The molecule has 32 heavy (non-hydrogen) atoms. The molecule has 0 aromatic heterocycles. The summed E-state index contributed by atoms with van der Waals surface area (Å²) in [4.78, 5) is 62.2. The summed E-state index contributed by atoms with van der Waals surface area (Å²) >= 11 is 0. The number of methoxy groups -OCH3 is 2. The van der Waals surface area contributed by atoms with Crippen molar-refractivity contribution in [3.05, 3.63) is 34.7 Å². The van der Waals surface area contributed by atoms with Gasteiger partial charge in [-0.15, -0.1) is 0 Å². The van der Waals surface area contributed by atoms with Gasteiger partial charge < -0.3 is 23.7 Å². The number of likely N-dealkylation sites (N-methyl/N-ethyl adjacent to an activating group) is 2. The second-order valence-electron chi connectivity index (χ2n) is 6.73. The highest BCUT2D eigenvalue weighted by atomic mass is 16.7. The molecule has 174 valence electrons. The van der Waals surface area contributed by atoms with Crippen LogP contribution in [0.5, 0.6) is 0 Å². The Kier molecular flexibility index (Phi) is 7.76. The lowest BCUT2D eigenvalue weighted by Gasteiger charge is -2.31. The lowest BCUT2D eigenvalue weighted by Crippen LogP contribution is -2.53. The van der Waals surface area contributed by atoms with E-state index in [9.17, 15) is 24.0 Å². The lowest BCUT2D eigenvalue weighted by atomic mass is 9.99. The van der Waals surface area contributed by atoms with Gasteiger partial charge in [0, 0.05) is 59.5 Å².